The molecule has 1 unspecified atom stereocenters. The van der Waals surface area contributed by atoms with E-state index in [1.807, 2.05) is 0 Å². The Labute approximate surface area is 113 Å². The van der Waals surface area contributed by atoms with Gasteiger partial charge in [-0.3, -0.25) is 4.90 Å². The Morgan fingerprint density at radius 2 is 2.35 bits per heavy atom. The molecule has 17 heavy (non-hydrogen) atoms. The van der Waals surface area contributed by atoms with E-state index in [2.05, 4.69) is 35.5 Å². The fourth-order valence-corrected chi connectivity index (χ4v) is 3.12. The number of nitrogens with zero attached hydrogens (tertiary/aromatic N) is 1. The van der Waals surface area contributed by atoms with Crippen LogP contribution in [0.2, 0.25) is 4.34 Å². The Morgan fingerprint density at radius 1 is 1.59 bits per heavy atom. The van der Waals surface area contributed by atoms with E-state index in [0.29, 0.717) is 6.04 Å². The van der Waals surface area contributed by atoms with Crippen LogP contribution in [0, 0.1) is 0 Å². The van der Waals surface area contributed by atoms with Crippen molar-refractivity contribution in [2.75, 3.05) is 19.6 Å². The number of hydrogen-bond donors (Lipinski definition) is 1. The lowest BCUT2D eigenvalue weighted by molar-refractivity contribution is 0.273. The zero-order chi connectivity index (χ0) is 12.3. The van der Waals surface area contributed by atoms with Gasteiger partial charge in [-0.05, 0) is 43.3 Å². The Balaban J connectivity index is 1.70. The third-order valence-electron chi connectivity index (χ3n) is 3.41. The highest BCUT2D eigenvalue weighted by Crippen LogP contribution is 2.26. The van der Waals surface area contributed by atoms with Crippen molar-refractivity contribution in [1.82, 2.24) is 10.2 Å². The molecule has 1 aromatic heterocycles. The molecular weight excluding hydrogens is 252 g/mol. The Morgan fingerprint density at radius 3 is 2.88 bits per heavy atom. The minimum absolute atomic E-state index is 0.400. The highest BCUT2D eigenvalue weighted by Gasteiger charge is 2.27. The van der Waals surface area contributed by atoms with Gasteiger partial charge in [0.1, 0.15) is 0 Å². The van der Waals surface area contributed by atoms with E-state index < -0.39 is 0 Å². The van der Waals surface area contributed by atoms with Crippen LogP contribution in [0.5, 0.6) is 0 Å². The summed E-state index contributed by atoms with van der Waals surface area (Å²) in [6.45, 7) is 7.83. The third-order valence-corrected chi connectivity index (χ3v) is 4.52. The van der Waals surface area contributed by atoms with Crippen molar-refractivity contribution in [3.05, 3.63) is 21.3 Å². The molecule has 96 valence electrons. The van der Waals surface area contributed by atoms with E-state index in [1.165, 1.54) is 24.9 Å². The summed E-state index contributed by atoms with van der Waals surface area (Å²) in [6, 6.07) is 3.33. The third kappa shape index (κ3) is 3.95. The molecule has 0 aromatic carbocycles. The predicted molar refractivity (Wildman–Crippen MR) is 76.0 cm³/mol. The first-order chi connectivity index (χ1) is 8.20. The predicted octanol–water partition coefficient (Wildman–Crippen LogP) is 3.54. The summed E-state index contributed by atoms with van der Waals surface area (Å²) in [5.74, 6) is 0. The standard InChI is InChI=1S/C13H21ClN2S/c1-3-16(12-4-5-12)7-6-15-10(2)11-8-13(14)17-9-11/h8-10,12,15H,3-7H2,1-2H3. The molecule has 0 radical (unpaired) electrons. The van der Waals surface area contributed by atoms with E-state index in [4.69, 9.17) is 11.6 Å². The maximum Gasteiger partial charge on any atom is 0.0931 e. The van der Waals surface area contributed by atoms with Gasteiger partial charge in [0.05, 0.1) is 4.34 Å². The van der Waals surface area contributed by atoms with Gasteiger partial charge in [-0.25, -0.2) is 0 Å². The lowest BCUT2D eigenvalue weighted by Crippen LogP contribution is -2.34. The zero-order valence-corrected chi connectivity index (χ0v) is 12.2. The topological polar surface area (TPSA) is 15.3 Å². The van der Waals surface area contributed by atoms with Gasteiger partial charge in [0, 0.05) is 25.2 Å². The van der Waals surface area contributed by atoms with Crippen LogP contribution < -0.4 is 5.32 Å². The SMILES string of the molecule is CCN(CCNC(C)c1csc(Cl)c1)C1CC1. The van der Waals surface area contributed by atoms with Gasteiger partial charge in [0.2, 0.25) is 0 Å². The second-order valence-electron chi connectivity index (χ2n) is 4.72. The van der Waals surface area contributed by atoms with Crippen LogP contribution in [0.3, 0.4) is 0 Å². The van der Waals surface area contributed by atoms with Crippen LogP contribution in [0.25, 0.3) is 0 Å². The van der Waals surface area contributed by atoms with Gasteiger partial charge in [-0.15, -0.1) is 11.3 Å². The van der Waals surface area contributed by atoms with E-state index in [-0.39, 0.29) is 0 Å². The van der Waals surface area contributed by atoms with Crippen molar-refractivity contribution in [2.45, 2.75) is 38.8 Å². The van der Waals surface area contributed by atoms with Gasteiger partial charge < -0.3 is 5.32 Å². The summed E-state index contributed by atoms with van der Waals surface area (Å²) in [5, 5.41) is 5.70. The molecule has 4 heteroatoms. The molecule has 1 N–H and O–H groups in total. The number of halogens is 1. The molecule has 1 fully saturated rings. The normalized spacial score (nSPS) is 17.6. The molecule has 2 nitrogen and oxygen atoms in total. The van der Waals surface area contributed by atoms with E-state index >= 15 is 0 Å². The van der Waals surface area contributed by atoms with E-state index in [1.54, 1.807) is 11.3 Å². The summed E-state index contributed by atoms with van der Waals surface area (Å²) < 4.78 is 0.877. The molecule has 1 aliphatic carbocycles. The number of nitrogens with one attached hydrogen (secondary N) is 1. The van der Waals surface area contributed by atoms with Gasteiger partial charge in [-0.1, -0.05) is 18.5 Å². The fraction of sp³-hybridized carbons (Fsp3) is 0.692. The molecule has 1 aliphatic rings. The van der Waals surface area contributed by atoms with E-state index in [9.17, 15) is 0 Å². The summed E-state index contributed by atoms with van der Waals surface area (Å²) in [4.78, 5) is 2.57. The molecule has 0 aliphatic heterocycles. The molecule has 1 atom stereocenters. The van der Waals surface area contributed by atoms with Crippen molar-refractivity contribution in [3.8, 4) is 0 Å². The first-order valence-electron chi connectivity index (χ1n) is 6.42. The average Bonchev–Trinajstić information content (AvgIpc) is 3.06. The molecule has 1 heterocycles. The van der Waals surface area contributed by atoms with Crippen LogP contribution in [-0.4, -0.2) is 30.6 Å². The second-order valence-corrected chi connectivity index (χ2v) is 6.26. The number of thiophene rings is 1. The number of hydrogen-bond acceptors (Lipinski definition) is 3. The Hall–Kier alpha value is -0.0900. The summed E-state index contributed by atoms with van der Waals surface area (Å²) in [7, 11) is 0. The highest BCUT2D eigenvalue weighted by molar-refractivity contribution is 7.14. The minimum Gasteiger partial charge on any atom is -0.309 e. The number of likely N-dealkylation sites (N-methyl/N-ethyl adjacent to an activating group) is 1. The smallest absolute Gasteiger partial charge is 0.0931 e. The molecule has 0 amide bonds. The van der Waals surface area contributed by atoms with Gasteiger partial charge in [0.15, 0.2) is 0 Å². The van der Waals surface area contributed by atoms with Crippen LogP contribution in [-0.2, 0) is 0 Å². The lowest BCUT2D eigenvalue weighted by atomic mass is 10.2. The largest absolute Gasteiger partial charge is 0.309 e. The van der Waals surface area contributed by atoms with Crippen molar-refractivity contribution < 1.29 is 0 Å². The first-order valence-corrected chi connectivity index (χ1v) is 7.67. The maximum atomic E-state index is 5.94. The van der Waals surface area contributed by atoms with Crippen LogP contribution in [0.4, 0.5) is 0 Å². The molecule has 1 aromatic rings. The summed E-state index contributed by atoms with van der Waals surface area (Å²) in [6.07, 6.45) is 2.78. The highest BCUT2D eigenvalue weighted by atomic mass is 35.5. The molecule has 1 saturated carbocycles. The van der Waals surface area contributed by atoms with Crippen LogP contribution in [0.15, 0.2) is 11.4 Å². The van der Waals surface area contributed by atoms with Gasteiger partial charge in [-0.2, -0.15) is 0 Å². The monoisotopic (exact) mass is 272 g/mol. The van der Waals surface area contributed by atoms with Crippen molar-refractivity contribution in [1.29, 1.82) is 0 Å². The number of rotatable bonds is 7. The molecule has 0 saturated heterocycles. The zero-order valence-electron chi connectivity index (χ0n) is 10.6. The van der Waals surface area contributed by atoms with E-state index in [0.717, 1.165) is 23.5 Å². The Kier molecular flexibility index (Phi) is 4.86. The minimum atomic E-state index is 0.400. The lowest BCUT2D eigenvalue weighted by Gasteiger charge is -2.21. The quantitative estimate of drug-likeness (QED) is 0.817. The van der Waals surface area contributed by atoms with Crippen molar-refractivity contribution in [3.63, 3.8) is 0 Å². The van der Waals surface area contributed by atoms with Crippen molar-refractivity contribution >= 4 is 22.9 Å². The maximum absolute atomic E-state index is 5.94. The molecule has 2 rings (SSSR count). The average molecular weight is 273 g/mol. The Bertz CT molecular complexity index is 349. The van der Waals surface area contributed by atoms with Crippen LogP contribution >= 0.6 is 22.9 Å². The first kappa shape index (κ1) is 13.3. The second kappa shape index (κ2) is 6.19. The summed E-state index contributed by atoms with van der Waals surface area (Å²) >= 11 is 7.55. The summed E-state index contributed by atoms with van der Waals surface area (Å²) in [5.41, 5.74) is 1.30. The molecule has 0 bridgehead atoms. The van der Waals surface area contributed by atoms with Crippen molar-refractivity contribution in [2.24, 2.45) is 0 Å². The fourth-order valence-electron chi connectivity index (χ4n) is 2.13. The van der Waals surface area contributed by atoms with Crippen LogP contribution in [0.1, 0.15) is 38.3 Å². The molecular formula is C13H21ClN2S. The van der Waals surface area contributed by atoms with Gasteiger partial charge in [0.25, 0.3) is 0 Å². The van der Waals surface area contributed by atoms with Gasteiger partial charge >= 0.3 is 0 Å². The molecule has 0 spiro atoms.